The van der Waals surface area contributed by atoms with E-state index < -0.39 is 0 Å². The van der Waals surface area contributed by atoms with Gasteiger partial charge in [-0.3, -0.25) is 0 Å². The maximum Gasteiger partial charge on any atom is 0.126 e. The Balaban J connectivity index is 1.74. The summed E-state index contributed by atoms with van der Waals surface area (Å²) in [5.41, 5.74) is 5.00. The Labute approximate surface area is 175 Å². The van der Waals surface area contributed by atoms with E-state index in [2.05, 4.69) is 12.1 Å². The van der Waals surface area contributed by atoms with E-state index in [1.807, 2.05) is 60.7 Å². The van der Waals surface area contributed by atoms with Gasteiger partial charge >= 0.3 is 0 Å². The van der Waals surface area contributed by atoms with Gasteiger partial charge in [0.05, 0.1) is 0 Å². The summed E-state index contributed by atoms with van der Waals surface area (Å²) in [6.45, 7) is 3.51. The van der Waals surface area contributed by atoms with Gasteiger partial charge in [-0.05, 0) is 70.1 Å². The summed E-state index contributed by atoms with van der Waals surface area (Å²) in [5.74, 6) is -0.409. The predicted molar refractivity (Wildman–Crippen MR) is 124 cm³/mol. The fourth-order valence-electron chi connectivity index (χ4n) is 3.48. The Hall–Kier alpha value is -3.52. The van der Waals surface area contributed by atoms with Crippen molar-refractivity contribution >= 4 is 35.1 Å². The first-order valence-corrected chi connectivity index (χ1v) is 9.91. The molecule has 0 fully saturated rings. The van der Waals surface area contributed by atoms with Gasteiger partial charge in [0.1, 0.15) is 11.6 Å². The molecule has 0 saturated carbocycles. The summed E-state index contributed by atoms with van der Waals surface area (Å²) in [6, 6.07) is 22.7. The first-order valence-electron chi connectivity index (χ1n) is 9.91. The molecule has 0 N–H and O–H groups in total. The van der Waals surface area contributed by atoms with E-state index >= 15 is 0 Å². The molecule has 4 aromatic carbocycles. The summed E-state index contributed by atoms with van der Waals surface area (Å²) < 4.78 is 27.7. The molecular formula is C28H22F2. The highest BCUT2D eigenvalue weighted by molar-refractivity contribution is 5.99. The van der Waals surface area contributed by atoms with Crippen molar-refractivity contribution in [3.8, 4) is 0 Å². The number of rotatable bonds is 4. The van der Waals surface area contributed by atoms with Crippen molar-refractivity contribution in [3.63, 3.8) is 0 Å². The zero-order valence-electron chi connectivity index (χ0n) is 17.0. The van der Waals surface area contributed by atoms with Gasteiger partial charge in [-0.1, -0.05) is 85.0 Å². The Bertz CT molecular complexity index is 1180. The van der Waals surface area contributed by atoms with Crippen molar-refractivity contribution in [1.82, 2.24) is 0 Å². The maximum absolute atomic E-state index is 13.9. The lowest BCUT2D eigenvalue weighted by Gasteiger charge is -2.07. The number of aryl methyl sites for hydroxylation is 2. The molecule has 0 saturated heterocycles. The van der Waals surface area contributed by atoms with Gasteiger partial charge < -0.3 is 0 Å². The molecule has 0 aliphatic rings. The van der Waals surface area contributed by atoms with Crippen LogP contribution in [-0.2, 0) is 0 Å². The van der Waals surface area contributed by atoms with Crippen LogP contribution in [0.25, 0.3) is 35.1 Å². The van der Waals surface area contributed by atoms with Crippen molar-refractivity contribution < 1.29 is 8.78 Å². The van der Waals surface area contributed by atoms with Gasteiger partial charge in [-0.25, -0.2) is 8.78 Å². The standard InChI is InChI=1S/C28H22F2/c1-19-9-11-21(17-26(19)29)13-15-24-7-3-5-23-6-4-8-25(28(23)24)16-14-22-12-10-20(2)27(30)18-22/h3-18H,1-2H3/b15-13-,16-14-. The van der Waals surface area contributed by atoms with Crippen LogP contribution in [0, 0.1) is 25.5 Å². The van der Waals surface area contributed by atoms with Crippen LogP contribution in [0.2, 0.25) is 0 Å². The lowest BCUT2D eigenvalue weighted by molar-refractivity contribution is 0.618. The van der Waals surface area contributed by atoms with Crippen LogP contribution >= 0.6 is 0 Å². The SMILES string of the molecule is Cc1ccc(/C=C\c2cccc3cccc(/C=C\c4ccc(C)c(F)c4)c23)cc1F. The molecule has 0 radical (unpaired) electrons. The fraction of sp³-hybridized carbons (Fsp3) is 0.0714. The molecule has 0 aliphatic carbocycles. The van der Waals surface area contributed by atoms with E-state index in [0.29, 0.717) is 11.1 Å². The second kappa shape index (κ2) is 8.46. The van der Waals surface area contributed by atoms with Crippen LogP contribution < -0.4 is 0 Å². The summed E-state index contributed by atoms with van der Waals surface area (Å²) in [6.07, 6.45) is 7.87. The van der Waals surface area contributed by atoms with Gasteiger partial charge in [0.15, 0.2) is 0 Å². The van der Waals surface area contributed by atoms with Crippen molar-refractivity contribution in [1.29, 1.82) is 0 Å². The van der Waals surface area contributed by atoms with Crippen LogP contribution in [0.15, 0.2) is 72.8 Å². The first kappa shape index (κ1) is 19.8. The molecule has 0 aliphatic heterocycles. The molecule has 148 valence electrons. The van der Waals surface area contributed by atoms with Crippen molar-refractivity contribution in [2.45, 2.75) is 13.8 Å². The third-order valence-corrected chi connectivity index (χ3v) is 5.27. The Morgan fingerprint density at radius 2 is 1.03 bits per heavy atom. The number of fused-ring (bicyclic) bond motifs is 1. The van der Waals surface area contributed by atoms with E-state index in [9.17, 15) is 8.78 Å². The van der Waals surface area contributed by atoms with Crippen LogP contribution in [0.1, 0.15) is 33.4 Å². The lowest BCUT2D eigenvalue weighted by Crippen LogP contribution is -1.85. The summed E-state index contributed by atoms with van der Waals surface area (Å²) in [4.78, 5) is 0. The quantitative estimate of drug-likeness (QED) is 0.306. The van der Waals surface area contributed by atoms with Gasteiger partial charge in [-0.2, -0.15) is 0 Å². The zero-order valence-corrected chi connectivity index (χ0v) is 17.0. The molecule has 0 amide bonds. The zero-order chi connectivity index (χ0) is 21.1. The molecule has 0 spiro atoms. The van der Waals surface area contributed by atoms with E-state index in [-0.39, 0.29) is 11.6 Å². The minimum Gasteiger partial charge on any atom is -0.207 e. The normalized spacial score (nSPS) is 11.7. The van der Waals surface area contributed by atoms with E-state index in [1.54, 1.807) is 38.1 Å². The molecule has 0 aromatic heterocycles. The van der Waals surface area contributed by atoms with Gasteiger partial charge in [-0.15, -0.1) is 0 Å². The minimum atomic E-state index is -0.205. The molecule has 2 heteroatoms. The Morgan fingerprint density at radius 1 is 0.567 bits per heavy atom. The number of hydrogen-bond acceptors (Lipinski definition) is 0. The lowest BCUT2D eigenvalue weighted by atomic mass is 9.97. The maximum atomic E-state index is 13.9. The monoisotopic (exact) mass is 396 g/mol. The molecule has 0 unspecified atom stereocenters. The highest BCUT2D eigenvalue weighted by Crippen LogP contribution is 2.27. The Morgan fingerprint density at radius 3 is 1.47 bits per heavy atom. The van der Waals surface area contributed by atoms with E-state index in [4.69, 9.17) is 0 Å². The summed E-state index contributed by atoms with van der Waals surface area (Å²) in [7, 11) is 0. The van der Waals surface area contributed by atoms with Crippen molar-refractivity contribution in [2.75, 3.05) is 0 Å². The topological polar surface area (TPSA) is 0 Å². The second-order valence-corrected chi connectivity index (χ2v) is 7.48. The van der Waals surface area contributed by atoms with Crippen LogP contribution in [0.5, 0.6) is 0 Å². The molecule has 30 heavy (non-hydrogen) atoms. The smallest absolute Gasteiger partial charge is 0.126 e. The van der Waals surface area contributed by atoms with Gasteiger partial charge in [0, 0.05) is 0 Å². The van der Waals surface area contributed by atoms with Crippen LogP contribution in [-0.4, -0.2) is 0 Å². The van der Waals surface area contributed by atoms with E-state index in [0.717, 1.165) is 33.0 Å². The van der Waals surface area contributed by atoms with Crippen molar-refractivity contribution in [2.24, 2.45) is 0 Å². The number of halogens is 2. The van der Waals surface area contributed by atoms with E-state index in [1.165, 1.54) is 0 Å². The Kier molecular flexibility index (Phi) is 5.58. The number of hydrogen-bond donors (Lipinski definition) is 0. The van der Waals surface area contributed by atoms with Crippen LogP contribution in [0.3, 0.4) is 0 Å². The molecule has 0 atom stereocenters. The molecule has 4 aromatic rings. The summed E-state index contributed by atoms with van der Waals surface area (Å²) in [5, 5.41) is 2.22. The average molecular weight is 396 g/mol. The number of benzene rings is 4. The molecule has 0 bridgehead atoms. The first-order chi connectivity index (χ1) is 14.5. The molecule has 0 nitrogen and oxygen atoms in total. The third kappa shape index (κ3) is 4.23. The highest BCUT2D eigenvalue weighted by atomic mass is 19.1. The third-order valence-electron chi connectivity index (χ3n) is 5.27. The molecular weight excluding hydrogens is 374 g/mol. The predicted octanol–water partition coefficient (Wildman–Crippen LogP) is 8.08. The molecule has 0 heterocycles. The second-order valence-electron chi connectivity index (χ2n) is 7.48. The fourth-order valence-corrected chi connectivity index (χ4v) is 3.48. The van der Waals surface area contributed by atoms with Crippen molar-refractivity contribution in [3.05, 3.63) is 118 Å². The summed E-state index contributed by atoms with van der Waals surface area (Å²) >= 11 is 0. The highest BCUT2D eigenvalue weighted by Gasteiger charge is 2.04. The average Bonchev–Trinajstić information content (AvgIpc) is 2.75. The molecule has 4 rings (SSSR count). The minimum absolute atomic E-state index is 0.205. The van der Waals surface area contributed by atoms with Crippen LogP contribution in [0.4, 0.5) is 8.78 Å². The van der Waals surface area contributed by atoms with Gasteiger partial charge in [0.25, 0.3) is 0 Å². The van der Waals surface area contributed by atoms with Gasteiger partial charge in [0.2, 0.25) is 0 Å². The largest absolute Gasteiger partial charge is 0.207 e.